The van der Waals surface area contributed by atoms with Gasteiger partial charge in [-0.2, -0.15) is 4.98 Å². The molecule has 6 heteroatoms. The first-order valence-electron chi connectivity index (χ1n) is 2.49. The molecule has 0 aromatic carbocycles. The number of aromatic hydroxyl groups is 1. The van der Waals surface area contributed by atoms with Crippen LogP contribution in [0, 0.1) is 0 Å². The second-order valence-corrected chi connectivity index (χ2v) is 1.60. The summed E-state index contributed by atoms with van der Waals surface area (Å²) in [6.45, 7) is 0. The molecular formula is C4H6N4O2. The smallest absolute Gasteiger partial charge is 0.256 e. The summed E-state index contributed by atoms with van der Waals surface area (Å²) in [5.74, 6) is 4.56. The number of hydrazine groups is 1. The molecule has 1 aromatic rings. The average molecular weight is 142 g/mol. The monoisotopic (exact) mass is 142 g/mol. The molecule has 10 heavy (non-hydrogen) atoms. The minimum Gasteiger partial charge on any atom is -0.493 e. The molecule has 54 valence electrons. The number of hydrogen-bond acceptors (Lipinski definition) is 5. The molecule has 0 saturated carbocycles. The van der Waals surface area contributed by atoms with Crippen LogP contribution in [0.1, 0.15) is 0 Å². The summed E-state index contributed by atoms with van der Waals surface area (Å²) in [7, 11) is 0. The van der Waals surface area contributed by atoms with Crippen molar-refractivity contribution in [2.75, 3.05) is 5.43 Å². The van der Waals surface area contributed by atoms with Crippen LogP contribution in [-0.4, -0.2) is 15.1 Å². The van der Waals surface area contributed by atoms with Gasteiger partial charge in [0.25, 0.3) is 5.56 Å². The lowest BCUT2D eigenvalue weighted by molar-refractivity contribution is 0.452. The van der Waals surface area contributed by atoms with E-state index < -0.39 is 5.56 Å². The van der Waals surface area contributed by atoms with Gasteiger partial charge in [-0.15, -0.1) is 0 Å². The summed E-state index contributed by atoms with van der Waals surface area (Å²) in [6.07, 6.45) is 0. The first kappa shape index (κ1) is 6.56. The molecule has 0 aliphatic heterocycles. The van der Waals surface area contributed by atoms with Gasteiger partial charge in [0, 0.05) is 0 Å². The third kappa shape index (κ3) is 1.23. The Kier molecular flexibility index (Phi) is 1.55. The van der Waals surface area contributed by atoms with Crippen LogP contribution in [0.3, 0.4) is 0 Å². The third-order valence-corrected chi connectivity index (χ3v) is 0.865. The van der Waals surface area contributed by atoms with E-state index in [9.17, 15) is 4.79 Å². The van der Waals surface area contributed by atoms with Crippen LogP contribution in [-0.2, 0) is 0 Å². The highest BCUT2D eigenvalue weighted by Crippen LogP contribution is 1.99. The van der Waals surface area contributed by atoms with Gasteiger partial charge in [0.1, 0.15) is 0 Å². The van der Waals surface area contributed by atoms with Gasteiger partial charge < -0.3 is 5.11 Å². The standard InChI is InChI=1S/C4H6N4O2/c5-8-4-6-2(9)1-3(10)7-4/h1H,5H2,(H3,6,7,8,9,10). The second-order valence-electron chi connectivity index (χ2n) is 1.60. The highest BCUT2D eigenvalue weighted by molar-refractivity contribution is 5.24. The van der Waals surface area contributed by atoms with Crippen molar-refractivity contribution in [2.45, 2.75) is 0 Å². The normalized spacial score (nSPS) is 9.30. The Morgan fingerprint density at radius 1 is 1.80 bits per heavy atom. The first-order valence-corrected chi connectivity index (χ1v) is 2.49. The maximum Gasteiger partial charge on any atom is 0.256 e. The molecule has 0 fully saturated rings. The Morgan fingerprint density at radius 2 is 2.50 bits per heavy atom. The van der Waals surface area contributed by atoms with E-state index in [-0.39, 0.29) is 11.8 Å². The fraction of sp³-hybridized carbons (Fsp3) is 0. The van der Waals surface area contributed by atoms with Crippen LogP contribution in [0.2, 0.25) is 0 Å². The van der Waals surface area contributed by atoms with Crippen molar-refractivity contribution in [3.05, 3.63) is 16.4 Å². The molecular weight excluding hydrogens is 136 g/mol. The van der Waals surface area contributed by atoms with Crippen LogP contribution in [0.5, 0.6) is 5.88 Å². The van der Waals surface area contributed by atoms with E-state index in [2.05, 4.69) is 15.4 Å². The number of anilines is 1. The Morgan fingerprint density at radius 3 is 3.00 bits per heavy atom. The molecule has 0 radical (unpaired) electrons. The molecule has 0 unspecified atom stereocenters. The van der Waals surface area contributed by atoms with Gasteiger partial charge in [0.05, 0.1) is 6.07 Å². The molecule has 0 aliphatic carbocycles. The van der Waals surface area contributed by atoms with Crippen molar-refractivity contribution in [2.24, 2.45) is 5.84 Å². The molecule has 0 amide bonds. The van der Waals surface area contributed by atoms with Gasteiger partial charge >= 0.3 is 0 Å². The highest BCUT2D eigenvalue weighted by atomic mass is 16.3. The molecule has 5 N–H and O–H groups in total. The number of nitrogens with two attached hydrogens (primary N) is 1. The Bertz CT molecular complexity index is 281. The van der Waals surface area contributed by atoms with Crippen molar-refractivity contribution < 1.29 is 5.11 Å². The fourth-order valence-corrected chi connectivity index (χ4v) is 0.513. The van der Waals surface area contributed by atoms with Crippen molar-refractivity contribution in [1.29, 1.82) is 0 Å². The molecule has 0 spiro atoms. The summed E-state index contributed by atoms with van der Waals surface area (Å²) in [4.78, 5) is 16.2. The summed E-state index contributed by atoms with van der Waals surface area (Å²) in [5, 5.41) is 8.70. The number of nitrogen functional groups attached to an aromatic ring is 1. The summed E-state index contributed by atoms with van der Waals surface area (Å²) >= 11 is 0. The van der Waals surface area contributed by atoms with Crippen LogP contribution >= 0.6 is 0 Å². The predicted molar refractivity (Wildman–Crippen MR) is 34.3 cm³/mol. The van der Waals surface area contributed by atoms with Gasteiger partial charge in [-0.25, -0.2) is 5.84 Å². The lowest BCUT2D eigenvalue weighted by Crippen LogP contribution is -2.15. The van der Waals surface area contributed by atoms with E-state index in [1.807, 2.05) is 0 Å². The number of rotatable bonds is 1. The van der Waals surface area contributed by atoms with Gasteiger partial charge in [-0.1, -0.05) is 0 Å². The molecule has 1 rings (SSSR count). The van der Waals surface area contributed by atoms with E-state index in [1.165, 1.54) is 0 Å². The van der Waals surface area contributed by atoms with Crippen molar-refractivity contribution in [1.82, 2.24) is 9.97 Å². The molecule has 0 aliphatic rings. The van der Waals surface area contributed by atoms with Crippen LogP contribution in [0.4, 0.5) is 5.95 Å². The van der Waals surface area contributed by atoms with Crippen molar-refractivity contribution >= 4 is 5.95 Å². The minimum atomic E-state index is -0.458. The zero-order valence-corrected chi connectivity index (χ0v) is 4.96. The van der Waals surface area contributed by atoms with Gasteiger partial charge in [-0.05, 0) is 0 Å². The van der Waals surface area contributed by atoms with E-state index in [1.54, 1.807) is 0 Å². The largest absolute Gasteiger partial charge is 0.493 e. The van der Waals surface area contributed by atoms with Gasteiger partial charge in [-0.3, -0.25) is 15.2 Å². The molecule has 1 heterocycles. The quantitative estimate of drug-likeness (QED) is 0.290. The lowest BCUT2D eigenvalue weighted by Gasteiger charge is -1.96. The average Bonchev–Trinajstić information content (AvgIpc) is 1.85. The fourth-order valence-electron chi connectivity index (χ4n) is 0.513. The van der Waals surface area contributed by atoms with Crippen LogP contribution in [0.15, 0.2) is 10.9 Å². The number of H-pyrrole nitrogens is 1. The molecule has 0 bridgehead atoms. The van der Waals surface area contributed by atoms with E-state index in [4.69, 9.17) is 10.9 Å². The lowest BCUT2D eigenvalue weighted by atomic mass is 10.6. The van der Waals surface area contributed by atoms with Gasteiger partial charge in [0.15, 0.2) is 0 Å². The van der Waals surface area contributed by atoms with Crippen LogP contribution < -0.4 is 16.8 Å². The second kappa shape index (κ2) is 2.36. The SMILES string of the molecule is NNc1nc(O)cc(=O)[nH]1. The number of aromatic nitrogens is 2. The van der Waals surface area contributed by atoms with Crippen molar-refractivity contribution in [3.63, 3.8) is 0 Å². The Hall–Kier alpha value is -1.56. The topological polar surface area (TPSA) is 104 Å². The summed E-state index contributed by atoms with van der Waals surface area (Å²) in [5.41, 5.74) is 1.62. The minimum absolute atomic E-state index is 0.0324. The third-order valence-electron chi connectivity index (χ3n) is 0.865. The molecule has 1 aromatic heterocycles. The zero-order chi connectivity index (χ0) is 7.56. The first-order chi connectivity index (χ1) is 4.72. The Balaban J connectivity index is 3.19. The molecule has 0 atom stereocenters. The summed E-state index contributed by atoms with van der Waals surface area (Å²) in [6, 6.07) is 0.945. The molecule has 6 nitrogen and oxygen atoms in total. The van der Waals surface area contributed by atoms with E-state index in [0.29, 0.717) is 0 Å². The van der Waals surface area contributed by atoms with Gasteiger partial charge in [0.2, 0.25) is 11.8 Å². The number of aromatic amines is 1. The number of nitrogens with zero attached hydrogens (tertiary/aromatic N) is 1. The highest BCUT2D eigenvalue weighted by Gasteiger charge is 1.94. The molecule has 0 saturated heterocycles. The predicted octanol–water partition coefficient (Wildman–Crippen LogP) is -1.24. The van der Waals surface area contributed by atoms with Crippen LogP contribution in [0.25, 0.3) is 0 Å². The van der Waals surface area contributed by atoms with Crippen molar-refractivity contribution in [3.8, 4) is 5.88 Å². The van der Waals surface area contributed by atoms with E-state index in [0.717, 1.165) is 6.07 Å². The Labute approximate surface area is 55.7 Å². The summed E-state index contributed by atoms with van der Waals surface area (Å²) < 4.78 is 0. The maximum absolute atomic E-state index is 10.5. The van der Waals surface area contributed by atoms with E-state index >= 15 is 0 Å². The number of hydrogen-bond donors (Lipinski definition) is 4. The maximum atomic E-state index is 10.5. The zero-order valence-electron chi connectivity index (χ0n) is 4.96. The number of nitrogens with one attached hydrogen (secondary N) is 2.